The predicted octanol–water partition coefficient (Wildman–Crippen LogP) is 3.14. The Morgan fingerprint density at radius 3 is 2.76 bits per heavy atom. The second-order valence-electron chi connectivity index (χ2n) is 7.31. The summed E-state index contributed by atoms with van der Waals surface area (Å²) in [5, 5.41) is 3.44. The van der Waals surface area contributed by atoms with E-state index in [0.717, 1.165) is 37.6 Å². The summed E-state index contributed by atoms with van der Waals surface area (Å²) in [6.07, 6.45) is 4.16. The molecule has 156 valence electrons. The van der Waals surface area contributed by atoms with Crippen LogP contribution in [-0.4, -0.2) is 55.8 Å². The van der Waals surface area contributed by atoms with E-state index >= 15 is 0 Å². The van der Waals surface area contributed by atoms with Crippen molar-refractivity contribution in [3.63, 3.8) is 0 Å². The van der Waals surface area contributed by atoms with Crippen LogP contribution in [0.25, 0.3) is 0 Å². The number of methoxy groups -OCH3 is 1. The van der Waals surface area contributed by atoms with Gasteiger partial charge >= 0.3 is 0 Å². The van der Waals surface area contributed by atoms with Gasteiger partial charge < -0.3 is 19.7 Å². The minimum atomic E-state index is 0.505. The first-order valence-corrected chi connectivity index (χ1v) is 10.4. The maximum Gasteiger partial charge on any atom is 0.213 e. The van der Waals surface area contributed by atoms with Crippen LogP contribution in [0.2, 0.25) is 0 Å². The van der Waals surface area contributed by atoms with Crippen LogP contribution >= 0.6 is 0 Å². The average Bonchev–Trinajstić information content (AvgIpc) is 3.21. The maximum atomic E-state index is 5.51. The molecule has 2 heterocycles. The summed E-state index contributed by atoms with van der Waals surface area (Å²) in [4.78, 5) is 11.6. The Hall–Kier alpha value is -2.60. The number of hydrogen-bond acceptors (Lipinski definition) is 4. The van der Waals surface area contributed by atoms with Crippen LogP contribution in [0, 0.1) is 5.92 Å². The zero-order valence-electron chi connectivity index (χ0n) is 17.5. The van der Waals surface area contributed by atoms with Crippen molar-refractivity contribution >= 4 is 5.96 Å². The number of aromatic nitrogens is 1. The van der Waals surface area contributed by atoms with Crippen LogP contribution in [0.15, 0.2) is 53.7 Å². The Kier molecular flexibility index (Phi) is 8.31. The molecule has 0 spiro atoms. The van der Waals surface area contributed by atoms with Crippen molar-refractivity contribution in [3.05, 3.63) is 59.8 Å². The van der Waals surface area contributed by atoms with Gasteiger partial charge in [0.2, 0.25) is 5.88 Å². The van der Waals surface area contributed by atoms with E-state index in [1.165, 1.54) is 12.0 Å². The van der Waals surface area contributed by atoms with E-state index in [-0.39, 0.29) is 0 Å². The Morgan fingerprint density at radius 1 is 1.17 bits per heavy atom. The third kappa shape index (κ3) is 6.75. The number of guanidine groups is 1. The number of ether oxygens (including phenoxy) is 2. The first-order chi connectivity index (χ1) is 14.3. The van der Waals surface area contributed by atoms with Gasteiger partial charge in [-0.2, -0.15) is 0 Å². The zero-order chi connectivity index (χ0) is 20.3. The number of hydrogen-bond donors (Lipinski definition) is 1. The Labute approximate surface area is 174 Å². The monoisotopic (exact) mass is 396 g/mol. The van der Waals surface area contributed by atoms with Crippen molar-refractivity contribution < 1.29 is 9.47 Å². The van der Waals surface area contributed by atoms with Crippen LogP contribution < -0.4 is 10.1 Å². The van der Waals surface area contributed by atoms with Crippen LogP contribution in [-0.2, 0) is 17.7 Å². The van der Waals surface area contributed by atoms with Gasteiger partial charge in [0.05, 0.1) is 13.2 Å². The van der Waals surface area contributed by atoms with Crippen molar-refractivity contribution in [2.75, 3.05) is 40.0 Å². The smallest absolute Gasteiger partial charge is 0.213 e. The number of aliphatic imine (C=N–C) groups is 1. The molecule has 1 aromatic heterocycles. The Balaban J connectivity index is 1.54. The molecule has 29 heavy (non-hydrogen) atoms. The molecule has 6 heteroatoms. The SMILES string of the molecule is CCNC(=NCc1ccc(OCCOC)nc1)N1CCC(Cc2ccccc2)C1. The lowest BCUT2D eigenvalue weighted by Crippen LogP contribution is -2.40. The number of nitrogens with zero attached hydrogens (tertiary/aromatic N) is 3. The minimum Gasteiger partial charge on any atom is -0.475 e. The molecule has 1 aromatic carbocycles. The van der Waals surface area contributed by atoms with Gasteiger partial charge in [-0.05, 0) is 36.8 Å². The molecule has 3 rings (SSSR count). The predicted molar refractivity (Wildman–Crippen MR) is 116 cm³/mol. The molecular weight excluding hydrogens is 364 g/mol. The molecule has 1 unspecified atom stereocenters. The Morgan fingerprint density at radius 2 is 2.03 bits per heavy atom. The number of likely N-dealkylation sites (tertiary alicyclic amines) is 1. The average molecular weight is 397 g/mol. The number of rotatable bonds is 9. The van der Waals surface area contributed by atoms with E-state index in [1.807, 2.05) is 18.3 Å². The van der Waals surface area contributed by atoms with E-state index in [2.05, 4.69) is 52.5 Å². The van der Waals surface area contributed by atoms with Crippen molar-refractivity contribution in [2.45, 2.75) is 26.3 Å². The van der Waals surface area contributed by atoms with Gasteiger partial charge in [0, 0.05) is 39.0 Å². The molecule has 0 radical (unpaired) electrons. The summed E-state index contributed by atoms with van der Waals surface area (Å²) in [5.74, 6) is 2.28. The second kappa shape index (κ2) is 11.4. The minimum absolute atomic E-state index is 0.505. The van der Waals surface area contributed by atoms with E-state index in [0.29, 0.717) is 31.6 Å². The largest absolute Gasteiger partial charge is 0.475 e. The summed E-state index contributed by atoms with van der Waals surface area (Å²) in [5.41, 5.74) is 2.49. The third-order valence-electron chi connectivity index (χ3n) is 5.03. The van der Waals surface area contributed by atoms with Gasteiger partial charge in [0.15, 0.2) is 5.96 Å². The first kappa shape index (κ1) is 21.1. The highest BCUT2D eigenvalue weighted by Gasteiger charge is 2.24. The standard InChI is InChI=1S/C23H32N4O2/c1-3-24-23(26-17-21-9-10-22(25-16-21)29-14-13-28-2)27-12-11-20(18-27)15-19-7-5-4-6-8-19/h4-10,16,20H,3,11-15,17-18H2,1-2H3,(H,24,26). The maximum absolute atomic E-state index is 5.51. The third-order valence-corrected chi connectivity index (χ3v) is 5.03. The first-order valence-electron chi connectivity index (χ1n) is 10.4. The van der Waals surface area contributed by atoms with E-state index in [9.17, 15) is 0 Å². The van der Waals surface area contributed by atoms with E-state index < -0.39 is 0 Å². The van der Waals surface area contributed by atoms with Gasteiger partial charge in [-0.25, -0.2) is 9.98 Å². The van der Waals surface area contributed by atoms with Gasteiger partial charge in [-0.15, -0.1) is 0 Å². The van der Waals surface area contributed by atoms with Crippen LogP contribution in [0.3, 0.4) is 0 Å². The highest BCUT2D eigenvalue weighted by Crippen LogP contribution is 2.21. The zero-order valence-corrected chi connectivity index (χ0v) is 17.5. The fourth-order valence-electron chi connectivity index (χ4n) is 3.55. The summed E-state index contributed by atoms with van der Waals surface area (Å²) >= 11 is 0. The van der Waals surface area contributed by atoms with Crippen molar-refractivity contribution in [1.82, 2.24) is 15.2 Å². The molecule has 1 saturated heterocycles. The van der Waals surface area contributed by atoms with Crippen molar-refractivity contribution in [3.8, 4) is 5.88 Å². The molecule has 6 nitrogen and oxygen atoms in total. The van der Waals surface area contributed by atoms with Gasteiger partial charge in [0.1, 0.15) is 6.61 Å². The molecule has 2 aromatic rings. The molecule has 1 N–H and O–H groups in total. The van der Waals surface area contributed by atoms with E-state index in [4.69, 9.17) is 14.5 Å². The highest BCUT2D eigenvalue weighted by atomic mass is 16.5. The lowest BCUT2D eigenvalue weighted by molar-refractivity contribution is 0.143. The number of nitrogens with one attached hydrogen (secondary N) is 1. The molecule has 1 atom stereocenters. The quantitative estimate of drug-likeness (QED) is 0.401. The molecular formula is C23H32N4O2. The van der Waals surface area contributed by atoms with Crippen LogP contribution in [0.4, 0.5) is 0 Å². The van der Waals surface area contributed by atoms with Gasteiger partial charge in [0.25, 0.3) is 0 Å². The molecule has 1 aliphatic rings. The molecule has 1 fully saturated rings. The summed E-state index contributed by atoms with van der Waals surface area (Å²) in [6, 6.07) is 14.7. The van der Waals surface area contributed by atoms with E-state index in [1.54, 1.807) is 7.11 Å². The second-order valence-corrected chi connectivity index (χ2v) is 7.31. The molecule has 0 bridgehead atoms. The summed E-state index contributed by atoms with van der Waals surface area (Å²) in [7, 11) is 1.66. The summed E-state index contributed by atoms with van der Waals surface area (Å²) in [6.45, 7) is 6.74. The number of pyridine rings is 1. The highest BCUT2D eigenvalue weighted by molar-refractivity contribution is 5.80. The van der Waals surface area contributed by atoms with Gasteiger partial charge in [-0.1, -0.05) is 36.4 Å². The molecule has 0 saturated carbocycles. The molecule has 0 aliphatic carbocycles. The summed E-state index contributed by atoms with van der Waals surface area (Å²) < 4.78 is 10.5. The van der Waals surface area contributed by atoms with Crippen LogP contribution in [0.1, 0.15) is 24.5 Å². The topological polar surface area (TPSA) is 59.0 Å². The fourth-order valence-corrected chi connectivity index (χ4v) is 3.55. The lowest BCUT2D eigenvalue weighted by Gasteiger charge is -2.21. The lowest BCUT2D eigenvalue weighted by atomic mass is 9.99. The van der Waals surface area contributed by atoms with Crippen molar-refractivity contribution in [1.29, 1.82) is 0 Å². The molecule has 1 aliphatic heterocycles. The van der Waals surface area contributed by atoms with Crippen LogP contribution in [0.5, 0.6) is 5.88 Å². The van der Waals surface area contributed by atoms with Crippen molar-refractivity contribution in [2.24, 2.45) is 10.9 Å². The number of benzene rings is 1. The van der Waals surface area contributed by atoms with Gasteiger partial charge in [-0.3, -0.25) is 0 Å². The molecule has 0 amide bonds. The normalized spacial score (nSPS) is 16.8. The fraction of sp³-hybridized carbons (Fsp3) is 0.478. The Bertz CT molecular complexity index is 749.